The van der Waals surface area contributed by atoms with E-state index in [-0.39, 0.29) is 12.5 Å². The summed E-state index contributed by atoms with van der Waals surface area (Å²) in [6, 6.07) is 16.5. The molecule has 0 bridgehead atoms. The standard InChI is InChI=1S/C18H17N3O3/c22-18(13-24-15-5-2-1-3-6-15)21-17-9-8-14(11-20-17)19-12-16-7-4-10-23-16/h1-11,19H,12-13H2,(H,20,21,22). The third-order valence-corrected chi connectivity index (χ3v) is 3.19. The number of nitrogens with zero attached hydrogens (tertiary/aromatic N) is 1. The second-order valence-electron chi connectivity index (χ2n) is 5.01. The Morgan fingerprint density at radius 1 is 1.08 bits per heavy atom. The summed E-state index contributed by atoms with van der Waals surface area (Å²) >= 11 is 0. The Morgan fingerprint density at radius 3 is 2.67 bits per heavy atom. The monoisotopic (exact) mass is 323 g/mol. The van der Waals surface area contributed by atoms with Gasteiger partial charge in [0.15, 0.2) is 6.61 Å². The number of anilines is 2. The maximum Gasteiger partial charge on any atom is 0.263 e. The Kier molecular flexibility index (Phi) is 5.09. The van der Waals surface area contributed by atoms with Crippen LogP contribution in [0.1, 0.15) is 5.76 Å². The minimum atomic E-state index is -0.261. The average Bonchev–Trinajstić information content (AvgIpc) is 3.14. The fraction of sp³-hybridized carbons (Fsp3) is 0.111. The summed E-state index contributed by atoms with van der Waals surface area (Å²) in [5, 5.41) is 5.87. The van der Waals surface area contributed by atoms with E-state index in [0.29, 0.717) is 18.1 Å². The summed E-state index contributed by atoms with van der Waals surface area (Å²) in [5.41, 5.74) is 0.838. The van der Waals surface area contributed by atoms with Crippen molar-refractivity contribution >= 4 is 17.4 Å². The van der Waals surface area contributed by atoms with E-state index in [9.17, 15) is 4.79 Å². The van der Waals surface area contributed by atoms with Crippen LogP contribution < -0.4 is 15.4 Å². The fourth-order valence-electron chi connectivity index (χ4n) is 2.02. The zero-order chi connectivity index (χ0) is 16.6. The Morgan fingerprint density at radius 2 is 1.96 bits per heavy atom. The molecular formula is C18H17N3O3. The van der Waals surface area contributed by atoms with Crippen LogP contribution in [0.4, 0.5) is 11.5 Å². The van der Waals surface area contributed by atoms with Crippen LogP contribution in [0, 0.1) is 0 Å². The zero-order valence-electron chi connectivity index (χ0n) is 12.9. The Bertz CT molecular complexity index is 756. The number of pyridine rings is 1. The molecule has 2 N–H and O–H groups in total. The van der Waals surface area contributed by atoms with Crippen molar-refractivity contribution in [3.05, 3.63) is 72.8 Å². The van der Waals surface area contributed by atoms with Gasteiger partial charge in [0, 0.05) is 0 Å². The molecule has 0 aliphatic heterocycles. The third-order valence-electron chi connectivity index (χ3n) is 3.19. The number of nitrogens with one attached hydrogen (secondary N) is 2. The first-order valence-corrected chi connectivity index (χ1v) is 7.49. The number of ether oxygens (including phenoxy) is 1. The summed E-state index contributed by atoms with van der Waals surface area (Å²) in [6.45, 7) is 0.509. The lowest BCUT2D eigenvalue weighted by Crippen LogP contribution is -2.20. The largest absolute Gasteiger partial charge is 0.484 e. The lowest BCUT2D eigenvalue weighted by Gasteiger charge is -2.08. The summed E-state index contributed by atoms with van der Waals surface area (Å²) in [6.07, 6.45) is 3.28. The summed E-state index contributed by atoms with van der Waals surface area (Å²) in [5.74, 6) is 1.70. The maximum atomic E-state index is 11.8. The van der Waals surface area contributed by atoms with Gasteiger partial charge in [-0.25, -0.2) is 4.98 Å². The molecule has 0 unspecified atom stereocenters. The number of furan rings is 1. The quantitative estimate of drug-likeness (QED) is 0.697. The second-order valence-corrected chi connectivity index (χ2v) is 5.01. The van der Waals surface area contributed by atoms with E-state index in [1.807, 2.05) is 36.4 Å². The lowest BCUT2D eigenvalue weighted by atomic mass is 10.3. The van der Waals surface area contributed by atoms with Crippen LogP contribution in [-0.4, -0.2) is 17.5 Å². The topological polar surface area (TPSA) is 76.4 Å². The van der Waals surface area contributed by atoms with Crippen molar-refractivity contribution in [2.75, 3.05) is 17.2 Å². The SMILES string of the molecule is O=C(COc1ccccc1)Nc1ccc(NCc2ccco2)cn1. The van der Waals surface area contributed by atoms with Crippen molar-refractivity contribution in [1.82, 2.24) is 4.98 Å². The van der Waals surface area contributed by atoms with Crippen molar-refractivity contribution in [2.45, 2.75) is 6.54 Å². The lowest BCUT2D eigenvalue weighted by molar-refractivity contribution is -0.118. The molecule has 122 valence electrons. The van der Waals surface area contributed by atoms with Gasteiger partial charge in [0.05, 0.1) is 24.7 Å². The van der Waals surface area contributed by atoms with Crippen LogP contribution in [0.5, 0.6) is 5.75 Å². The maximum absolute atomic E-state index is 11.8. The first kappa shape index (κ1) is 15.6. The number of benzene rings is 1. The first-order chi connectivity index (χ1) is 11.8. The Labute approximate surface area is 139 Å². The van der Waals surface area contributed by atoms with Crippen molar-refractivity contribution in [3.63, 3.8) is 0 Å². The molecule has 3 rings (SSSR count). The molecule has 0 spiro atoms. The number of rotatable bonds is 7. The van der Waals surface area contributed by atoms with E-state index in [1.54, 1.807) is 30.7 Å². The molecule has 0 saturated carbocycles. The highest BCUT2D eigenvalue weighted by molar-refractivity contribution is 5.91. The van der Waals surface area contributed by atoms with Crippen LogP contribution in [0.25, 0.3) is 0 Å². The van der Waals surface area contributed by atoms with Gasteiger partial charge in [-0.1, -0.05) is 18.2 Å². The Hall–Kier alpha value is -3.28. The minimum Gasteiger partial charge on any atom is -0.484 e. The van der Waals surface area contributed by atoms with Gasteiger partial charge < -0.3 is 19.8 Å². The molecule has 2 heterocycles. The van der Waals surface area contributed by atoms with E-state index >= 15 is 0 Å². The normalized spacial score (nSPS) is 10.2. The highest BCUT2D eigenvalue weighted by Gasteiger charge is 2.05. The number of hydrogen-bond acceptors (Lipinski definition) is 5. The highest BCUT2D eigenvalue weighted by atomic mass is 16.5. The van der Waals surface area contributed by atoms with E-state index in [2.05, 4.69) is 15.6 Å². The van der Waals surface area contributed by atoms with Crippen molar-refractivity contribution in [1.29, 1.82) is 0 Å². The predicted octanol–water partition coefficient (Wildman–Crippen LogP) is 3.30. The molecule has 3 aromatic rings. The minimum absolute atomic E-state index is 0.0653. The molecule has 6 nitrogen and oxygen atoms in total. The van der Waals surface area contributed by atoms with E-state index < -0.39 is 0 Å². The van der Waals surface area contributed by atoms with Gasteiger partial charge in [-0.2, -0.15) is 0 Å². The van der Waals surface area contributed by atoms with E-state index in [4.69, 9.17) is 9.15 Å². The molecule has 2 aromatic heterocycles. The average molecular weight is 323 g/mol. The van der Waals surface area contributed by atoms with Crippen molar-refractivity contribution < 1.29 is 13.9 Å². The first-order valence-electron chi connectivity index (χ1n) is 7.49. The van der Waals surface area contributed by atoms with Gasteiger partial charge in [0.2, 0.25) is 0 Å². The fourth-order valence-corrected chi connectivity index (χ4v) is 2.02. The number of para-hydroxylation sites is 1. The van der Waals surface area contributed by atoms with Crippen LogP contribution in [0.2, 0.25) is 0 Å². The van der Waals surface area contributed by atoms with Crippen molar-refractivity contribution in [2.24, 2.45) is 0 Å². The molecule has 0 fully saturated rings. The van der Waals surface area contributed by atoms with Crippen LogP contribution in [0.15, 0.2) is 71.5 Å². The van der Waals surface area contributed by atoms with Gasteiger partial charge in [-0.3, -0.25) is 4.79 Å². The molecule has 24 heavy (non-hydrogen) atoms. The van der Waals surface area contributed by atoms with Gasteiger partial charge >= 0.3 is 0 Å². The van der Waals surface area contributed by atoms with Gasteiger partial charge in [-0.15, -0.1) is 0 Å². The number of aromatic nitrogens is 1. The molecule has 0 saturated heterocycles. The summed E-state index contributed by atoms with van der Waals surface area (Å²) < 4.78 is 10.6. The van der Waals surface area contributed by atoms with Crippen LogP contribution in [0.3, 0.4) is 0 Å². The van der Waals surface area contributed by atoms with E-state index in [1.165, 1.54) is 0 Å². The van der Waals surface area contributed by atoms with Gasteiger partial charge in [0.1, 0.15) is 17.3 Å². The predicted molar refractivity (Wildman–Crippen MR) is 90.8 cm³/mol. The highest BCUT2D eigenvalue weighted by Crippen LogP contribution is 2.12. The number of carbonyl (C=O) groups is 1. The third kappa shape index (κ3) is 4.61. The molecule has 1 amide bonds. The zero-order valence-corrected chi connectivity index (χ0v) is 12.9. The molecule has 0 aliphatic rings. The molecule has 0 aliphatic carbocycles. The number of carbonyl (C=O) groups excluding carboxylic acids is 1. The van der Waals surface area contributed by atoms with Gasteiger partial charge in [-0.05, 0) is 36.4 Å². The second kappa shape index (κ2) is 7.82. The molecule has 0 radical (unpaired) electrons. The molecule has 0 atom stereocenters. The van der Waals surface area contributed by atoms with Crippen LogP contribution in [-0.2, 0) is 11.3 Å². The number of hydrogen-bond donors (Lipinski definition) is 2. The van der Waals surface area contributed by atoms with Crippen LogP contribution >= 0.6 is 0 Å². The molecule has 6 heteroatoms. The van der Waals surface area contributed by atoms with E-state index in [0.717, 1.165) is 11.4 Å². The van der Waals surface area contributed by atoms with Gasteiger partial charge in [0.25, 0.3) is 5.91 Å². The molecule has 1 aromatic carbocycles. The number of amides is 1. The molecular weight excluding hydrogens is 306 g/mol. The van der Waals surface area contributed by atoms with Crippen molar-refractivity contribution in [3.8, 4) is 5.75 Å². The summed E-state index contributed by atoms with van der Waals surface area (Å²) in [7, 11) is 0. The summed E-state index contributed by atoms with van der Waals surface area (Å²) in [4.78, 5) is 16.0. The Balaban J connectivity index is 1.45. The smallest absolute Gasteiger partial charge is 0.263 e.